The summed E-state index contributed by atoms with van der Waals surface area (Å²) in [6.07, 6.45) is 0. The molecule has 1 aromatic carbocycles. The molecule has 1 heterocycles. The van der Waals surface area contributed by atoms with Crippen molar-refractivity contribution in [1.82, 2.24) is 8.61 Å². The molecule has 0 unspecified atom stereocenters. The molecule has 1 amide bonds. The van der Waals surface area contributed by atoms with Gasteiger partial charge in [0.05, 0.1) is 15.8 Å². The van der Waals surface area contributed by atoms with E-state index in [-0.39, 0.29) is 9.10 Å². The van der Waals surface area contributed by atoms with Crippen LogP contribution in [0.5, 0.6) is 0 Å². The fourth-order valence-electron chi connectivity index (χ4n) is 2.68. The van der Waals surface area contributed by atoms with Crippen molar-refractivity contribution in [3.8, 4) is 0 Å². The van der Waals surface area contributed by atoms with E-state index in [1.807, 2.05) is 0 Å². The van der Waals surface area contributed by atoms with Crippen LogP contribution in [0.1, 0.15) is 19.4 Å². The largest absolute Gasteiger partial charge is 0.325 e. The van der Waals surface area contributed by atoms with Crippen molar-refractivity contribution in [1.29, 1.82) is 0 Å². The molecule has 0 atom stereocenters. The molecule has 0 saturated heterocycles. The van der Waals surface area contributed by atoms with Crippen LogP contribution < -0.4 is 5.32 Å². The van der Waals surface area contributed by atoms with Crippen LogP contribution >= 0.6 is 22.9 Å². The predicted molar refractivity (Wildman–Crippen MR) is 119 cm³/mol. The van der Waals surface area contributed by atoms with Gasteiger partial charge in [-0.15, -0.1) is 11.3 Å². The maximum atomic E-state index is 12.7. The summed E-state index contributed by atoms with van der Waals surface area (Å²) < 4.78 is 53.1. The zero-order valence-corrected chi connectivity index (χ0v) is 20.3. The zero-order valence-electron chi connectivity index (χ0n) is 17.0. The van der Waals surface area contributed by atoms with E-state index in [4.69, 9.17) is 11.6 Å². The van der Waals surface area contributed by atoms with Gasteiger partial charge in [0.1, 0.15) is 4.21 Å². The molecule has 1 aromatic heterocycles. The number of sulfonamides is 2. The van der Waals surface area contributed by atoms with E-state index < -0.39 is 32.5 Å². The lowest BCUT2D eigenvalue weighted by molar-refractivity contribution is -0.116. The van der Waals surface area contributed by atoms with Gasteiger partial charge in [-0.3, -0.25) is 4.79 Å². The number of anilines is 1. The summed E-state index contributed by atoms with van der Waals surface area (Å²) in [4.78, 5) is 12.5. The molecule has 12 heteroatoms. The molecule has 0 bridgehead atoms. The van der Waals surface area contributed by atoms with Gasteiger partial charge in [0.15, 0.2) is 0 Å². The average molecular weight is 494 g/mol. The maximum Gasteiger partial charge on any atom is 0.252 e. The first-order chi connectivity index (χ1) is 13.9. The van der Waals surface area contributed by atoms with Gasteiger partial charge in [0, 0.05) is 25.8 Å². The highest BCUT2D eigenvalue weighted by molar-refractivity contribution is 7.91. The van der Waals surface area contributed by atoms with E-state index in [1.165, 1.54) is 35.6 Å². The van der Waals surface area contributed by atoms with Crippen LogP contribution in [0.3, 0.4) is 0 Å². The Morgan fingerprint density at radius 3 is 2.23 bits per heavy atom. The van der Waals surface area contributed by atoms with Crippen molar-refractivity contribution in [2.75, 3.05) is 32.0 Å². The lowest BCUT2D eigenvalue weighted by Gasteiger charge is -2.20. The molecule has 0 aliphatic heterocycles. The minimum atomic E-state index is -3.86. The number of amides is 1. The van der Waals surface area contributed by atoms with Crippen molar-refractivity contribution in [3.05, 3.63) is 40.2 Å². The van der Waals surface area contributed by atoms with Gasteiger partial charge in [-0.1, -0.05) is 31.5 Å². The number of hydrogen-bond acceptors (Lipinski definition) is 6. The molecule has 0 radical (unpaired) electrons. The molecular formula is C18H24ClN3O5S3. The van der Waals surface area contributed by atoms with Crippen LogP contribution in [-0.4, -0.2) is 58.0 Å². The van der Waals surface area contributed by atoms with E-state index in [0.717, 1.165) is 15.6 Å². The van der Waals surface area contributed by atoms with Gasteiger partial charge < -0.3 is 5.32 Å². The number of benzene rings is 1. The topological polar surface area (TPSA) is 104 Å². The highest BCUT2D eigenvalue weighted by Crippen LogP contribution is 2.28. The molecule has 166 valence electrons. The molecule has 2 rings (SSSR count). The smallest absolute Gasteiger partial charge is 0.252 e. The fraction of sp³-hybridized carbons (Fsp3) is 0.389. The van der Waals surface area contributed by atoms with Crippen LogP contribution in [0.4, 0.5) is 5.69 Å². The summed E-state index contributed by atoms with van der Waals surface area (Å²) in [5.74, 6) is -0.593. The van der Waals surface area contributed by atoms with Crippen molar-refractivity contribution >= 4 is 54.6 Å². The highest BCUT2D eigenvalue weighted by Gasteiger charge is 2.26. The van der Waals surface area contributed by atoms with E-state index in [0.29, 0.717) is 28.7 Å². The van der Waals surface area contributed by atoms with Crippen LogP contribution in [-0.2, 0) is 24.8 Å². The van der Waals surface area contributed by atoms with Gasteiger partial charge in [-0.05, 0) is 36.8 Å². The SMILES string of the molecule is CCN(CC)S(=O)(=O)c1ccc(C)c(NC(=O)CN(C)S(=O)(=O)c2ccc(Cl)s2)c1. The molecule has 2 aromatic rings. The molecular weight excluding hydrogens is 470 g/mol. The molecule has 30 heavy (non-hydrogen) atoms. The van der Waals surface area contributed by atoms with E-state index in [1.54, 1.807) is 26.8 Å². The first kappa shape index (κ1) is 24.8. The van der Waals surface area contributed by atoms with Gasteiger partial charge in [0.2, 0.25) is 15.9 Å². The molecule has 0 fully saturated rings. The number of halogens is 1. The summed E-state index contributed by atoms with van der Waals surface area (Å²) in [6.45, 7) is 5.42. The Kier molecular flexibility index (Phi) is 8.05. The number of thiophene rings is 1. The van der Waals surface area contributed by atoms with Crippen LogP contribution in [0.2, 0.25) is 4.34 Å². The highest BCUT2D eigenvalue weighted by atomic mass is 35.5. The Morgan fingerprint density at radius 2 is 1.70 bits per heavy atom. The van der Waals surface area contributed by atoms with Crippen LogP contribution in [0.15, 0.2) is 39.4 Å². The third-order valence-corrected chi connectivity index (χ3v) is 9.95. The number of rotatable bonds is 9. The third-order valence-electron chi connectivity index (χ3n) is 4.41. The minimum Gasteiger partial charge on any atom is -0.325 e. The number of hydrogen-bond donors (Lipinski definition) is 1. The quantitative estimate of drug-likeness (QED) is 0.578. The van der Waals surface area contributed by atoms with Crippen molar-refractivity contribution < 1.29 is 21.6 Å². The van der Waals surface area contributed by atoms with Gasteiger partial charge in [0.25, 0.3) is 10.0 Å². The lowest BCUT2D eigenvalue weighted by atomic mass is 10.2. The number of likely N-dealkylation sites (N-methyl/N-ethyl adjacent to an activating group) is 1. The molecule has 0 saturated carbocycles. The van der Waals surface area contributed by atoms with Crippen LogP contribution in [0.25, 0.3) is 0 Å². The zero-order chi connectivity index (χ0) is 22.7. The summed E-state index contributed by atoms with van der Waals surface area (Å²) in [5, 5.41) is 2.61. The summed E-state index contributed by atoms with van der Waals surface area (Å²) in [6, 6.07) is 7.31. The Balaban J connectivity index is 2.21. The summed E-state index contributed by atoms with van der Waals surface area (Å²) in [7, 11) is -6.26. The lowest BCUT2D eigenvalue weighted by Crippen LogP contribution is -2.34. The Labute approximate surface area is 186 Å². The van der Waals surface area contributed by atoms with Crippen molar-refractivity contribution in [3.63, 3.8) is 0 Å². The predicted octanol–water partition coefficient (Wildman–Crippen LogP) is 3.00. The summed E-state index contributed by atoms with van der Waals surface area (Å²) in [5.41, 5.74) is 0.954. The molecule has 8 nitrogen and oxygen atoms in total. The van der Waals surface area contributed by atoms with Gasteiger partial charge >= 0.3 is 0 Å². The van der Waals surface area contributed by atoms with E-state index in [9.17, 15) is 21.6 Å². The number of aryl methyl sites for hydroxylation is 1. The number of nitrogens with zero attached hydrogens (tertiary/aromatic N) is 2. The molecule has 0 aliphatic rings. The summed E-state index contributed by atoms with van der Waals surface area (Å²) >= 11 is 6.70. The molecule has 1 N–H and O–H groups in total. The van der Waals surface area contributed by atoms with Crippen molar-refractivity contribution in [2.24, 2.45) is 0 Å². The molecule has 0 spiro atoms. The Morgan fingerprint density at radius 1 is 1.07 bits per heavy atom. The first-order valence-electron chi connectivity index (χ1n) is 9.05. The van der Waals surface area contributed by atoms with E-state index in [2.05, 4.69) is 5.32 Å². The van der Waals surface area contributed by atoms with Gasteiger partial charge in [-0.25, -0.2) is 16.8 Å². The maximum absolute atomic E-state index is 12.7. The second kappa shape index (κ2) is 9.75. The number of carbonyl (C=O) groups is 1. The fourth-order valence-corrected chi connectivity index (χ4v) is 6.98. The normalized spacial score (nSPS) is 12.5. The minimum absolute atomic E-state index is 0.0336. The second-order valence-corrected chi connectivity index (χ2v) is 12.4. The number of nitrogens with one attached hydrogen (secondary N) is 1. The monoisotopic (exact) mass is 493 g/mol. The standard InChI is InChI=1S/C18H24ClN3O5S3/c1-5-22(6-2)29(24,25)14-8-7-13(3)15(11-14)20-17(23)12-21(4)30(26,27)18-10-9-16(19)28-18/h7-11H,5-6,12H2,1-4H3,(H,20,23). The Bertz CT molecular complexity index is 1130. The Hall–Kier alpha value is -1.50. The van der Waals surface area contributed by atoms with Gasteiger partial charge in [-0.2, -0.15) is 8.61 Å². The number of carbonyl (C=O) groups excluding carboxylic acids is 1. The van der Waals surface area contributed by atoms with Crippen molar-refractivity contribution in [2.45, 2.75) is 29.9 Å². The third kappa shape index (κ3) is 5.40. The van der Waals surface area contributed by atoms with Crippen LogP contribution in [0, 0.1) is 6.92 Å². The second-order valence-electron chi connectivity index (χ2n) is 6.43. The molecule has 0 aliphatic carbocycles. The average Bonchev–Trinajstić information content (AvgIpc) is 3.11. The first-order valence-corrected chi connectivity index (χ1v) is 13.1. The van der Waals surface area contributed by atoms with E-state index >= 15 is 0 Å².